The molecule has 5 heteroatoms. The van der Waals surface area contributed by atoms with Crippen LogP contribution in [0.1, 0.15) is 19.8 Å². The fourth-order valence-electron chi connectivity index (χ4n) is 0.729. The van der Waals surface area contributed by atoms with Crippen LogP contribution in [0.2, 0.25) is 0 Å². The van der Waals surface area contributed by atoms with E-state index in [0.29, 0.717) is 12.8 Å². The molecule has 0 bridgehead atoms. The van der Waals surface area contributed by atoms with Crippen molar-refractivity contribution in [2.24, 2.45) is 0 Å². The fraction of sp³-hybridized carbons (Fsp3) is 0.714. The number of hydrogen-bond donors (Lipinski definition) is 1. The van der Waals surface area contributed by atoms with E-state index in [-0.39, 0.29) is 6.61 Å². The molecule has 0 radical (unpaired) electrons. The minimum atomic E-state index is -4.07. The maximum Gasteiger partial charge on any atom is 0.292 e. The second-order valence-electron chi connectivity index (χ2n) is 2.36. The molecule has 0 saturated heterocycles. The molecule has 0 rings (SSSR count). The SMILES string of the molecule is C=CCOC(CCC)S(=O)(=O)O. The molecular weight excluding hydrogens is 180 g/mol. The monoisotopic (exact) mass is 194 g/mol. The zero-order valence-corrected chi connectivity index (χ0v) is 7.88. The highest BCUT2D eigenvalue weighted by Gasteiger charge is 2.21. The van der Waals surface area contributed by atoms with E-state index in [0.717, 1.165) is 0 Å². The summed E-state index contributed by atoms with van der Waals surface area (Å²) in [5.74, 6) is 0. The molecule has 0 aromatic carbocycles. The first-order valence-electron chi connectivity index (χ1n) is 3.71. The van der Waals surface area contributed by atoms with Gasteiger partial charge in [-0.3, -0.25) is 4.55 Å². The van der Waals surface area contributed by atoms with Gasteiger partial charge in [0.2, 0.25) is 0 Å². The van der Waals surface area contributed by atoms with E-state index in [1.165, 1.54) is 6.08 Å². The second-order valence-corrected chi connectivity index (χ2v) is 3.91. The lowest BCUT2D eigenvalue weighted by Gasteiger charge is -2.11. The standard InChI is InChI=1S/C7H14O4S/c1-3-5-7(11-6-4-2)12(8,9)10/h4,7H,2-3,5-6H2,1H3,(H,8,9,10). The Labute approximate surface area is 73.0 Å². The van der Waals surface area contributed by atoms with Crippen LogP contribution in [0.25, 0.3) is 0 Å². The van der Waals surface area contributed by atoms with Crippen LogP contribution in [-0.4, -0.2) is 25.0 Å². The summed E-state index contributed by atoms with van der Waals surface area (Å²) >= 11 is 0. The maximum absolute atomic E-state index is 10.6. The van der Waals surface area contributed by atoms with Gasteiger partial charge in [0.05, 0.1) is 6.61 Å². The predicted molar refractivity (Wildman–Crippen MR) is 46.4 cm³/mol. The van der Waals surface area contributed by atoms with Gasteiger partial charge in [0.1, 0.15) is 0 Å². The first-order valence-corrected chi connectivity index (χ1v) is 5.21. The van der Waals surface area contributed by atoms with Crippen LogP contribution in [-0.2, 0) is 14.9 Å². The third kappa shape index (κ3) is 4.48. The molecule has 0 aliphatic rings. The molecule has 0 fully saturated rings. The van der Waals surface area contributed by atoms with Gasteiger partial charge in [-0.1, -0.05) is 19.4 Å². The lowest BCUT2D eigenvalue weighted by molar-refractivity contribution is 0.116. The number of rotatable bonds is 6. The summed E-state index contributed by atoms with van der Waals surface area (Å²) in [6.07, 6.45) is 2.38. The van der Waals surface area contributed by atoms with Gasteiger partial charge in [0.25, 0.3) is 10.1 Å². The lowest BCUT2D eigenvalue weighted by Crippen LogP contribution is -2.23. The van der Waals surface area contributed by atoms with Crippen molar-refractivity contribution in [1.29, 1.82) is 0 Å². The van der Waals surface area contributed by atoms with E-state index < -0.39 is 15.6 Å². The normalized spacial score (nSPS) is 14.2. The molecule has 0 aromatic rings. The van der Waals surface area contributed by atoms with Crippen LogP contribution < -0.4 is 0 Å². The highest BCUT2D eigenvalue weighted by molar-refractivity contribution is 7.86. The fourth-order valence-corrected chi connectivity index (χ4v) is 1.51. The molecule has 1 atom stereocenters. The van der Waals surface area contributed by atoms with Gasteiger partial charge in [0.15, 0.2) is 5.44 Å². The van der Waals surface area contributed by atoms with Crippen molar-refractivity contribution in [3.63, 3.8) is 0 Å². The highest BCUT2D eigenvalue weighted by atomic mass is 32.2. The quantitative estimate of drug-likeness (QED) is 0.510. The third-order valence-corrected chi connectivity index (χ3v) is 2.29. The van der Waals surface area contributed by atoms with E-state index in [9.17, 15) is 8.42 Å². The van der Waals surface area contributed by atoms with E-state index in [2.05, 4.69) is 6.58 Å². The molecule has 0 aromatic heterocycles. The van der Waals surface area contributed by atoms with Crippen LogP contribution in [0.3, 0.4) is 0 Å². The predicted octanol–water partition coefficient (Wildman–Crippen LogP) is 1.20. The van der Waals surface area contributed by atoms with Crippen molar-refractivity contribution < 1.29 is 17.7 Å². The maximum atomic E-state index is 10.6. The zero-order valence-electron chi connectivity index (χ0n) is 7.06. The molecule has 0 spiro atoms. The average Bonchev–Trinajstić information content (AvgIpc) is 1.95. The van der Waals surface area contributed by atoms with Crippen LogP contribution in [0.4, 0.5) is 0 Å². The molecule has 72 valence electrons. The van der Waals surface area contributed by atoms with E-state index in [1.807, 2.05) is 6.92 Å². The van der Waals surface area contributed by atoms with Crippen LogP contribution in [0, 0.1) is 0 Å². The summed E-state index contributed by atoms with van der Waals surface area (Å²) in [7, 11) is -4.07. The largest absolute Gasteiger partial charge is 0.356 e. The minimum absolute atomic E-state index is 0.129. The summed E-state index contributed by atoms with van der Waals surface area (Å²) < 4.78 is 34.7. The van der Waals surface area contributed by atoms with Crippen LogP contribution >= 0.6 is 0 Å². The molecule has 0 heterocycles. The molecule has 1 unspecified atom stereocenters. The molecule has 1 N–H and O–H groups in total. The molecule has 0 aliphatic carbocycles. The molecule has 0 amide bonds. The van der Waals surface area contributed by atoms with Crippen molar-refractivity contribution in [1.82, 2.24) is 0 Å². The first-order chi connectivity index (χ1) is 5.52. The van der Waals surface area contributed by atoms with Gasteiger partial charge in [0, 0.05) is 0 Å². The summed E-state index contributed by atoms with van der Waals surface area (Å²) in [5, 5.41) is 0. The van der Waals surface area contributed by atoms with Crippen LogP contribution in [0.5, 0.6) is 0 Å². The molecule has 12 heavy (non-hydrogen) atoms. The van der Waals surface area contributed by atoms with Crippen molar-refractivity contribution in [3.8, 4) is 0 Å². The number of ether oxygens (including phenoxy) is 1. The second kappa shape index (κ2) is 5.29. The average molecular weight is 194 g/mol. The Morgan fingerprint density at radius 1 is 1.67 bits per heavy atom. The Bertz CT molecular complexity index is 220. The lowest BCUT2D eigenvalue weighted by atomic mass is 10.4. The van der Waals surface area contributed by atoms with Gasteiger partial charge in [-0.2, -0.15) is 8.42 Å². The highest BCUT2D eigenvalue weighted by Crippen LogP contribution is 2.08. The van der Waals surface area contributed by atoms with Gasteiger partial charge in [-0.25, -0.2) is 0 Å². The van der Waals surface area contributed by atoms with E-state index in [4.69, 9.17) is 9.29 Å². The zero-order chi connectivity index (χ0) is 9.61. The summed E-state index contributed by atoms with van der Waals surface area (Å²) in [6, 6.07) is 0. The van der Waals surface area contributed by atoms with Crippen molar-refractivity contribution in [2.75, 3.05) is 6.61 Å². The molecule has 0 aliphatic heterocycles. The Balaban J connectivity index is 4.13. The van der Waals surface area contributed by atoms with Gasteiger partial charge >= 0.3 is 0 Å². The summed E-state index contributed by atoms with van der Waals surface area (Å²) in [4.78, 5) is 0. The molecular formula is C7H14O4S. The molecule has 0 saturated carbocycles. The van der Waals surface area contributed by atoms with Crippen molar-refractivity contribution in [2.45, 2.75) is 25.2 Å². The van der Waals surface area contributed by atoms with Gasteiger partial charge < -0.3 is 4.74 Å². The van der Waals surface area contributed by atoms with E-state index in [1.54, 1.807) is 0 Å². The van der Waals surface area contributed by atoms with Crippen molar-refractivity contribution in [3.05, 3.63) is 12.7 Å². The Morgan fingerprint density at radius 2 is 2.25 bits per heavy atom. The Hall–Kier alpha value is -0.390. The summed E-state index contributed by atoms with van der Waals surface area (Å²) in [5.41, 5.74) is -1.11. The first kappa shape index (κ1) is 11.6. The topological polar surface area (TPSA) is 63.6 Å². The van der Waals surface area contributed by atoms with E-state index >= 15 is 0 Å². The Kier molecular flexibility index (Phi) is 5.12. The minimum Gasteiger partial charge on any atom is -0.356 e. The van der Waals surface area contributed by atoms with Gasteiger partial charge in [-0.05, 0) is 6.42 Å². The summed E-state index contributed by atoms with van der Waals surface area (Å²) in [6.45, 7) is 5.32. The third-order valence-electron chi connectivity index (χ3n) is 1.26. The number of hydrogen-bond acceptors (Lipinski definition) is 3. The van der Waals surface area contributed by atoms with Crippen LogP contribution in [0.15, 0.2) is 12.7 Å². The van der Waals surface area contributed by atoms with Gasteiger partial charge in [-0.15, -0.1) is 6.58 Å². The van der Waals surface area contributed by atoms with Crippen molar-refractivity contribution >= 4 is 10.1 Å². The smallest absolute Gasteiger partial charge is 0.292 e. The Morgan fingerprint density at radius 3 is 2.58 bits per heavy atom. The molecule has 4 nitrogen and oxygen atoms in total.